The SMILES string of the molecule is CCCC(CBr)(CCC)Cn1ccc2ccccc2c1=O. The number of benzene rings is 1. The quantitative estimate of drug-likeness (QED) is 0.645. The van der Waals surface area contributed by atoms with Gasteiger partial charge in [-0.1, -0.05) is 60.8 Å². The van der Waals surface area contributed by atoms with Gasteiger partial charge in [0.25, 0.3) is 5.56 Å². The maximum absolute atomic E-state index is 12.7. The number of aromatic nitrogens is 1. The van der Waals surface area contributed by atoms with Gasteiger partial charge in [0.2, 0.25) is 0 Å². The molecule has 0 unspecified atom stereocenters. The van der Waals surface area contributed by atoms with Crippen molar-refractivity contribution in [1.82, 2.24) is 4.57 Å². The molecule has 3 heteroatoms. The van der Waals surface area contributed by atoms with Crippen LogP contribution >= 0.6 is 15.9 Å². The van der Waals surface area contributed by atoms with E-state index in [1.54, 1.807) is 0 Å². The fourth-order valence-electron chi connectivity index (χ4n) is 3.24. The highest BCUT2D eigenvalue weighted by molar-refractivity contribution is 9.09. The Morgan fingerprint density at radius 1 is 1.10 bits per heavy atom. The van der Waals surface area contributed by atoms with Gasteiger partial charge < -0.3 is 4.57 Å². The molecular formula is C18H24BrNO. The Kier molecular flexibility index (Phi) is 5.63. The van der Waals surface area contributed by atoms with Gasteiger partial charge in [0.15, 0.2) is 0 Å². The zero-order valence-electron chi connectivity index (χ0n) is 12.9. The first kappa shape index (κ1) is 16.3. The van der Waals surface area contributed by atoms with Crippen molar-refractivity contribution in [3.05, 3.63) is 46.9 Å². The lowest BCUT2D eigenvalue weighted by molar-refractivity contribution is 0.231. The van der Waals surface area contributed by atoms with E-state index in [1.807, 2.05) is 41.1 Å². The number of rotatable bonds is 7. The van der Waals surface area contributed by atoms with E-state index in [4.69, 9.17) is 0 Å². The molecule has 0 aliphatic heterocycles. The van der Waals surface area contributed by atoms with Crippen molar-refractivity contribution in [2.45, 2.75) is 46.1 Å². The average Bonchev–Trinajstić information content (AvgIpc) is 2.51. The molecule has 0 bridgehead atoms. The van der Waals surface area contributed by atoms with Crippen molar-refractivity contribution in [3.63, 3.8) is 0 Å². The Balaban J connectivity index is 2.41. The number of fused-ring (bicyclic) bond motifs is 1. The van der Waals surface area contributed by atoms with Crippen LogP contribution in [0.25, 0.3) is 10.8 Å². The van der Waals surface area contributed by atoms with E-state index in [1.165, 1.54) is 0 Å². The monoisotopic (exact) mass is 349 g/mol. The first-order valence-corrected chi connectivity index (χ1v) is 8.92. The summed E-state index contributed by atoms with van der Waals surface area (Å²) in [5, 5.41) is 2.78. The molecule has 1 aromatic carbocycles. The number of halogens is 1. The lowest BCUT2D eigenvalue weighted by Gasteiger charge is -2.32. The summed E-state index contributed by atoms with van der Waals surface area (Å²) >= 11 is 3.69. The predicted molar refractivity (Wildman–Crippen MR) is 94.3 cm³/mol. The molecule has 0 amide bonds. The molecule has 0 N–H and O–H groups in total. The molecule has 0 saturated heterocycles. The molecule has 2 aromatic rings. The van der Waals surface area contributed by atoms with Crippen LogP contribution in [0.2, 0.25) is 0 Å². The molecule has 0 spiro atoms. The van der Waals surface area contributed by atoms with Crippen LogP contribution in [0.1, 0.15) is 39.5 Å². The zero-order chi connectivity index (χ0) is 15.3. The number of hydrogen-bond donors (Lipinski definition) is 0. The third-order valence-corrected chi connectivity index (χ3v) is 5.43. The lowest BCUT2D eigenvalue weighted by atomic mass is 9.81. The van der Waals surface area contributed by atoms with Gasteiger partial charge in [0.05, 0.1) is 0 Å². The third-order valence-electron chi connectivity index (χ3n) is 4.24. The van der Waals surface area contributed by atoms with E-state index in [-0.39, 0.29) is 11.0 Å². The highest BCUT2D eigenvalue weighted by atomic mass is 79.9. The Morgan fingerprint density at radius 2 is 1.76 bits per heavy atom. The van der Waals surface area contributed by atoms with Gasteiger partial charge in [0, 0.05) is 23.5 Å². The molecule has 114 valence electrons. The van der Waals surface area contributed by atoms with Crippen LogP contribution in [0, 0.1) is 5.41 Å². The second-order valence-corrected chi connectivity index (χ2v) is 6.53. The number of pyridine rings is 1. The molecule has 1 aromatic heterocycles. The normalized spacial score (nSPS) is 12.0. The predicted octanol–water partition coefficient (Wildman–Crippen LogP) is 4.98. The van der Waals surface area contributed by atoms with Crippen molar-refractivity contribution in [2.24, 2.45) is 5.41 Å². The first-order chi connectivity index (χ1) is 10.2. The molecule has 21 heavy (non-hydrogen) atoms. The van der Waals surface area contributed by atoms with Crippen molar-refractivity contribution in [1.29, 1.82) is 0 Å². The van der Waals surface area contributed by atoms with Crippen LogP contribution in [0.4, 0.5) is 0 Å². The Hall–Kier alpha value is -1.09. The van der Waals surface area contributed by atoms with Crippen LogP contribution in [0.3, 0.4) is 0 Å². The van der Waals surface area contributed by atoms with Gasteiger partial charge in [0.1, 0.15) is 0 Å². The summed E-state index contributed by atoms with van der Waals surface area (Å²) < 4.78 is 1.90. The second-order valence-electron chi connectivity index (χ2n) is 5.97. The number of hydrogen-bond acceptors (Lipinski definition) is 1. The maximum Gasteiger partial charge on any atom is 0.258 e. The summed E-state index contributed by atoms with van der Waals surface area (Å²) in [5.41, 5.74) is 0.307. The summed E-state index contributed by atoms with van der Waals surface area (Å²) in [6.07, 6.45) is 6.53. The van der Waals surface area contributed by atoms with Crippen LogP contribution in [0.15, 0.2) is 41.3 Å². The number of nitrogens with zero attached hydrogens (tertiary/aromatic N) is 1. The van der Waals surface area contributed by atoms with E-state index >= 15 is 0 Å². The summed E-state index contributed by atoms with van der Waals surface area (Å²) in [6, 6.07) is 9.88. The molecule has 0 fully saturated rings. The zero-order valence-corrected chi connectivity index (χ0v) is 14.5. The molecule has 0 aliphatic rings. The van der Waals surface area contributed by atoms with Gasteiger partial charge in [-0.15, -0.1) is 0 Å². The molecule has 0 saturated carbocycles. The standard InChI is InChI=1S/C18H24BrNO/c1-3-10-18(13-19,11-4-2)14-20-12-9-15-7-5-6-8-16(15)17(20)21/h5-9,12H,3-4,10-11,13-14H2,1-2H3. The molecule has 0 aliphatic carbocycles. The molecule has 2 rings (SSSR count). The fourth-order valence-corrected chi connectivity index (χ4v) is 3.97. The van der Waals surface area contributed by atoms with Crippen molar-refractivity contribution >= 4 is 26.7 Å². The number of alkyl halides is 1. The van der Waals surface area contributed by atoms with Crippen molar-refractivity contribution in [2.75, 3.05) is 5.33 Å². The largest absolute Gasteiger partial charge is 0.314 e. The smallest absolute Gasteiger partial charge is 0.258 e. The minimum absolute atomic E-state index is 0.130. The van der Waals surface area contributed by atoms with E-state index in [2.05, 4.69) is 29.8 Å². The van der Waals surface area contributed by atoms with Gasteiger partial charge in [-0.2, -0.15) is 0 Å². The first-order valence-electron chi connectivity index (χ1n) is 7.80. The second kappa shape index (κ2) is 7.26. The summed E-state index contributed by atoms with van der Waals surface area (Å²) in [5.74, 6) is 0. The minimum Gasteiger partial charge on any atom is -0.314 e. The fraction of sp³-hybridized carbons (Fsp3) is 0.500. The minimum atomic E-state index is 0.130. The van der Waals surface area contributed by atoms with Crippen molar-refractivity contribution < 1.29 is 0 Å². The molecule has 2 nitrogen and oxygen atoms in total. The average molecular weight is 350 g/mol. The van der Waals surface area contributed by atoms with Gasteiger partial charge in [-0.25, -0.2) is 0 Å². The molecule has 1 heterocycles. The van der Waals surface area contributed by atoms with E-state index in [0.29, 0.717) is 0 Å². The van der Waals surface area contributed by atoms with E-state index < -0.39 is 0 Å². The van der Waals surface area contributed by atoms with Crippen LogP contribution in [-0.2, 0) is 6.54 Å². The highest BCUT2D eigenvalue weighted by Gasteiger charge is 2.28. The van der Waals surface area contributed by atoms with E-state index in [0.717, 1.165) is 48.3 Å². The summed E-state index contributed by atoms with van der Waals surface area (Å²) in [7, 11) is 0. The van der Waals surface area contributed by atoms with Gasteiger partial charge in [-0.05, 0) is 35.8 Å². The van der Waals surface area contributed by atoms with Crippen molar-refractivity contribution in [3.8, 4) is 0 Å². The Labute approximate surface area is 135 Å². The van der Waals surface area contributed by atoms with Crippen LogP contribution < -0.4 is 5.56 Å². The van der Waals surface area contributed by atoms with Crippen LogP contribution in [-0.4, -0.2) is 9.90 Å². The molecule has 0 atom stereocenters. The van der Waals surface area contributed by atoms with Crippen LogP contribution in [0.5, 0.6) is 0 Å². The lowest BCUT2D eigenvalue weighted by Crippen LogP contribution is -2.33. The summed E-state index contributed by atoms with van der Waals surface area (Å²) in [4.78, 5) is 12.7. The van der Waals surface area contributed by atoms with E-state index in [9.17, 15) is 4.79 Å². The Morgan fingerprint density at radius 3 is 2.38 bits per heavy atom. The topological polar surface area (TPSA) is 22.0 Å². The molecular weight excluding hydrogens is 326 g/mol. The van der Waals surface area contributed by atoms with Gasteiger partial charge >= 0.3 is 0 Å². The molecule has 0 radical (unpaired) electrons. The third kappa shape index (κ3) is 3.57. The summed E-state index contributed by atoms with van der Waals surface area (Å²) in [6.45, 7) is 5.23. The highest BCUT2D eigenvalue weighted by Crippen LogP contribution is 2.33. The van der Waals surface area contributed by atoms with Gasteiger partial charge in [-0.3, -0.25) is 4.79 Å². The maximum atomic E-state index is 12.7. The Bertz CT molecular complexity index is 641.